The van der Waals surface area contributed by atoms with Crippen LogP contribution in [0.2, 0.25) is 0 Å². The summed E-state index contributed by atoms with van der Waals surface area (Å²) in [5, 5.41) is 14.2. The number of hydrogen-bond acceptors (Lipinski definition) is 3. The Kier molecular flexibility index (Phi) is 3.88. The Morgan fingerprint density at radius 2 is 1.71 bits per heavy atom. The van der Waals surface area contributed by atoms with Crippen molar-refractivity contribution >= 4 is 5.69 Å². The normalized spacial score (nSPS) is 11.6. The summed E-state index contributed by atoms with van der Waals surface area (Å²) in [5.74, 6) is 0. The van der Waals surface area contributed by atoms with Crippen molar-refractivity contribution in [2.45, 2.75) is 46.7 Å². The van der Waals surface area contributed by atoms with Crippen LogP contribution in [0.4, 0.5) is 5.69 Å². The van der Waals surface area contributed by atoms with Crippen LogP contribution in [0.25, 0.3) is 0 Å². The predicted molar refractivity (Wildman–Crippen MR) is 69.2 cm³/mol. The van der Waals surface area contributed by atoms with Gasteiger partial charge in [0, 0.05) is 23.2 Å². The van der Waals surface area contributed by atoms with Gasteiger partial charge in [-0.1, -0.05) is 0 Å². The number of nitro benzene ring substituents is 1. The van der Waals surface area contributed by atoms with E-state index in [0.717, 1.165) is 23.2 Å². The molecular formula is C13H20N2O2. The molecule has 0 aromatic heterocycles. The third kappa shape index (κ3) is 3.82. The van der Waals surface area contributed by atoms with Crippen molar-refractivity contribution in [3.05, 3.63) is 38.9 Å². The lowest BCUT2D eigenvalue weighted by atomic mass is 10.0. The lowest BCUT2D eigenvalue weighted by molar-refractivity contribution is -0.386. The van der Waals surface area contributed by atoms with E-state index in [2.05, 4.69) is 26.1 Å². The molecule has 1 N–H and O–H groups in total. The van der Waals surface area contributed by atoms with Gasteiger partial charge in [-0.25, -0.2) is 0 Å². The summed E-state index contributed by atoms with van der Waals surface area (Å²) in [6.07, 6.45) is 0. The summed E-state index contributed by atoms with van der Waals surface area (Å²) in [7, 11) is 0. The van der Waals surface area contributed by atoms with Crippen molar-refractivity contribution < 1.29 is 4.92 Å². The number of rotatable bonds is 3. The lowest BCUT2D eigenvalue weighted by Gasteiger charge is -2.20. The minimum Gasteiger partial charge on any atom is -0.308 e. The van der Waals surface area contributed by atoms with Crippen LogP contribution in [0.3, 0.4) is 0 Å². The van der Waals surface area contributed by atoms with Gasteiger partial charge in [-0.2, -0.15) is 0 Å². The molecule has 17 heavy (non-hydrogen) atoms. The van der Waals surface area contributed by atoms with E-state index in [4.69, 9.17) is 0 Å². The standard InChI is InChI=1S/C13H20N2O2/c1-9-6-11(8-14-13(3,4)5)7-10(2)12(9)15(16)17/h6-7,14H,8H2,1-5H3. The molecule has 4 heteroatoms. The first-order valence-electron chi connectivity index (χ1n) is 5.70. The van der Waals surface area contributed by atoms with E-state index in [9.17, 15) is 10.1 Å². The molecular weight excluding hydrogens is 216 g/mol. The topological polar surface area (TPSA) is 55.2 Å². The van der Waals surface area contributed by atoms with Crippen LogP contribution in [-0.2, 0) is 6.54 Å². The molecule has 94 valence electrons. The molecule has 0 aliphatic heterocycles. The van der Waals surface area contributed by atoms with Gasteiger partial charge >= 0.3 is 0 Å². The molecule has 0 amide bonds. The molecule has 0 spiro atoms. The second kappa shape index (κ2) is 4.84. The highest BCUT2D eigenvalue weighted by molar-refractivity contribution is 5.48. The van der Waals surface area contributed by atoms with Crippen LogP contribution in [0.5, 0.6) is 0 Å². The van der Waals surface area contributed by atoms with E-state index < -0.39 is 0 Å². The maximum atomic E-state index is 10.9. The molecule has 0 aliphatic rings. The number of hydrogen-bond donors (Lipinski definition) is 1. The van der Waals surface area contributed by atoms with E-state index in [1.807, 2.05) is 12.1 Å². The smallest absolute Gasteiger partial charge is 0.275 e. The van der Waals surface area contributed by atoms with Gasteiger partial charge < -0.3 is 5.32 Å². The van der Waals surface area contributed by atoms with Crippen molar-refractivity contribution in [1.29, 1.82) is 0 Å². The number of nitrogens with zero attached hydrogens (tertiary/aromatic N) is 1. The number of benzene rings is 1. The van der Waals surface area contributed by atoms with Crippen molar-refractivity contribution in [2.24, 2.45) is 0 Å². The first kappa shape index (κ1) is 13.6. The summed E-state index contributed by atoms with van der Waals surface area (Å²) >= 11 is 0. The Morgan fingerprint density at radius 3 is 2.06 bits per heavy atom. The number of nitrogens with one attached hydrogen (secondary N) is 1. The fourth-order valence-electron chi connectivity index (χ4n) is 1.80. The largest absolute Gasteiger partial charge is 0.308 e. The minimum atomic E-state index is -0.314. The van der Waals surface area contributed by atoms with Crippen molar-refractivity contribution in [3.63, 3.8) is 0 Å². The quantitative estimate of drug-likeness (QED) is 0.648. The van der Waals surface area contributed by atoms with E-state index in [1.54, 1.807) is 13.8 Å². The van der Waals surface area contributed by atoms with E-state index in [0.29, 0.717) is 0 Å². The average molecular weight is 236 g/mol. The van der Waals surface area contributed by atoms with Crippen LogP contribution >= 0.6 is 0 Å². The highest BCUT2D eigenvalue weighted by Crippen LogP contribution is 2.24. The third-order valence-electron chi connectivity index (χ3n) is 2.56. The molecule has 1 aromatic rings. The highest BCUT2D eigenvalue weighted by Gasteiger charge is 2.16. The van der Waals surface area contributed by atoms with Crippen LogP contribution in [-0.4, -0.2) is 10.5 Å². The van der Waals surface area contributed by atoms with Gasteiger partial charge in [0.05, 0.1) is 4.92 Å². The van der Waals surface area contributed by atoms with E-state index in [1.165, 1.54) is 0 Å². The Bertz CT molecular complexity index is 411. The molecule has 0 radical (unpaired) electrons. The van der Waals surface area contributed by atoms with Gasteiger partial charge in [-0.05, 0) is 52.3 Å². The fourth-order valence-corrected chi connectivity index (χ4v) is 1.80. The molecule has 0 bridgehead atoms. The van der Waals surface area contributed by atoms with Crippen LogP contribution < -0.4 is 5.32 Å². The third-order valence-corrected chi connectivity index (χ3v) is 2.56. The Morgan fingerprint density at radius 1 is 1.24 bits per heavy atom. The summed E-state index contributed by atoms with van der Waals surface area (Å²) < 4.78 is 0. The maximum absolute atomic E-state index is 10.9. The van der Waals surface area contributed by atoms with Crippen LogP contribution in [0.15, 0.2) is 12.1 Å². The lowest BCUT2D eigenvalue weighted by Crippen LogP contribution is -2.35. The molecule has 1 aromatic carbocycles. The molecule has 0 aliphatic carbocycles. The van der Waals surface area contributed by atoms with Gasteiger partial charge in [0.2, 0.25) is 0 Å². The van der Waals surface area contributed by atoms with Crippen molar-refractivity contribution in [3.8, 4) is 0 Å². The summed E-state index contributed by atoms with van der Waals surface area (Å²) in [5.41, 5.74) is 2.80. The number of aryl methyl sites for hydroxylation is 2. The Hall–Kier alpha value is -1.42. The monoisotopic (exact) mass is 236 g/mol. The molecule has 4 nitrogen and oxygen atoms in total. The number of nitro groups is 1. The zero-order chi connectivity index (χ0) is 13.2. The zero-order valence-electron chi connectivity index (χ0n) is 11.1. The first-order chi connectivity index (χ1) is 7.70. The molecule has 0 unspecified atom stereocenters. The van der Waals surface area contributed by atoms with Gasteiger partial charge in [0.15, 0.2) is 0 Å². The molecule has 1 rings (SSSR count). The van der Waals surface area contributed by atoms with Crippen LogP contribution in [0.1, 0.15) is 37.5 Å². The Labute approximate surface area is 102 Å². The van der Waals surface area contributed by atoms with Crippen molar-refractivity contribution in [2.75, 3.05) is 0 Å². The van der Waals surface area contributed by atoms with Gasteiger partial charge in [0.25, 0.3) is 5.69 Å². The molecule has 0 heterocycles. The maximum Gasteiger partial charge on any atom is 0.275 e. The molecule has 0 saturated carbocycles. The zero-order valence-corrected chi connectivity index (χ0v) is 11.1. The molecule has 0 saturated heterocycles. The highest BCUT2D eigenvalue weighted by atomic mass is 16.6. The van der Waals surface area contributed by atoms with E-state index >= 15 is 0 Å². The van der Waals surface area contributed by atoms with Gasteiger partial charge in [-0.3, -0.25) is 10.1 Å². The SMILES string of the molecule is Cc1cc(CNC(C)(C)C)cc(C)c1[N+](=O)[O-]. The minimum absolute atomic E-state index is 0.0452. The molecule has 0 fully saturated rings. The second-order valence-electron chi connectivity index (χ2n) is 5.44. The summed E-state index contributed by atoms with van der Waals surface area (Å²) in [4.78, 5) is 10.5. The summed E-state index contributed by atoms with van der Waals surface area (Å²) in [6, 6.07) is 3.76. The molecule has 0 atom stereocenters. The van der Waals surface area contributed by atoms with E-state index in [-0.39, 0.29) is 16.1 Å². The Balaban J connectivity index is 2.95. The summed E-state index contributed by atoms with van der Waals surface area (Å²) in [6.45, 7) is 10.6. The van der Waals surface area contributed by atoms with Gasteiger partial charge in [-0.15, -0.1) is 0 Å². The second-order valence-corrected chi connectivity index (χ2v) is 5.44. The predicted octanol–water partition coefficient (Wildman–Crippen LogP) is 3.10. The van der Waals surface area contributed by atoms with Crippen molar-refractivity contribution in [1.82, 2.24) is 5.32 Å². The fraction of sp³-hybridized carbons (Fsp3) is 0.538. The average Bonchev–Trinajstić information content (AvgIpc) is 2.11. The van der Waals surface area contributed by atoms with Gasteiger partial charge in [0.1, 0.15) is 0 Å². The van der Waals surface area contributed by atoms with Crippen LogP contribution in [0, 0.1) is 24.0 Å². The first-order valence-corrected chi connectivity index (χ1v) is 5.70.